The summed E-state index contributed by atoms with van der Waals surface area (Å²) in [5.41, 5.74) is 0.874. The Kier molecular flexibility index (Phi) is 5.86. The molecule has 1 aliphatic carbocycles. The zero-order valence-electron chi connectivity index (χ0n) is 16.1. The molecule has 0 unspecified atom stereocenters. The van der Waals surface area contributed by atoms with Crippen molar-refractivity contribution in [2.24, 2.45) is 5.41 Å². The number of rotatable bonds is 4. The van der Waals surface area contributed by atoms with Crippen LogP contribution in [-0.2, 0) is 9.59 Å². The van der Waals surface area contributed by atoms with Crippen LogP contribution in [0, 0.1) is 5.41 Å². The van der Waals surface area contributed by atoms with Gasteiger partial charge in [0.2, 0.25) is 11.8 Å². The van der Waals surface area contributed by atoms with Crippen molar-refractivity contribution in [2.45, 2.75) is 38.5 Å². The van der Waals surface area contributed by atoms with E-state index in [1.165, 1.54) is 4.90 Å². The Balaban J connectivity index is 1.29. The number of hydrogen-bond donors (Lipinski definition) is 0. The minimum Gasteiger partial charge on any atom is -0.367 e. The predicted octanol–water partition coefficient (Wildman–Crippen LogP) is 3.82. The lowest BCUT2D eigenvalue weighted by Gasteiger charge is -2.40. The maximum Gasteiger partial charge on any atom is 0.229 e. The molecule has 28 heavy (non-hydrogen) atoms. The monoisotopic (exact) mass is 423 g/mol. The lowest BCUT2D eigenvalue weighted by molar-refractivity contribution is -0.153. The molecule has 5 nitrogen and oxygen atoms in total. The summed E-state index contributed by atoms with van der Waals surface area (Å²) in [5, 5.41) is 1.35. The summed E-state index contributed by atoms with van der Waals surface area (Å²) in [6, 6.07) is 5.58. The van der Waals surface area contributed by atoms with E-state index < -0.39 is 0 Å². The molecule has 0 aromatic heterocycles. The summed E-state index contributed by atoms with van der Waals surface area (Å²) >= 11 is 12.6. The Bertz CT molecular complexity index is 716. The first-order valence-corrected chi connectivity index (χ1v) is 11.0. The van der Waals surface area contributed by atoms with Gasteiger partial charge in [0.05, 0.1) is 15.7 Å². The van der Waals surface area contributed by atoms with Crippen LogP contribution in [0.15, 0.2) is 18.2 Å². The van der Waals surface area contributed by atoms with Crippen molar-refractivity contribution in [1.82, 2.24) is 9.80 Å². The molecule has 4 rings (SSSR count). The van der Waals surface area contributed by atoms with Crippen LogP contribution in [0.25, 0.3) is 0 Å². The number of carbonyl (C=O) groups is 2. The number of piperidine rings is 1. The maximum absolute atomic E-state index is 12.6. The van der Waals surface area contributed by atoms with Crippen LogP contribution in [0.3, 0.4) is 0 Å². The standard InChI is InChI=1S/C21H27Cl2N3O2/c22-16-4-3-5-17(23)20(16)25-11-8-24(9-12-25)10-13-26-18(27)14-21(15-19(26)28)6-1-2-7-21/h3-5H,1-2,6-15H2. The molecule has 2 aliphatic heterocycles. The third kappa shape index (κ3) is 4.03. The molecule has 1 aromatic carbocycles. The van der Waals surface area contributed by atoms with Crippen LogP contribution in [0.1, 0.15) is 38.5 Å². The van der Waals surface area contributed by atoms with Crippen molar-refractivity contribution < 1.29 is 9.59 Å². The van der Waals surface area contributed by atoms with Crippen LogP contribution >= 0.6 is 23.2 Å². The Hall–Kier alpha value is -1.30. The minimum atomic E-state index is -0.0233. The van der Waals surface area contributed by atoms with Crippen molar-refractivity contribution in [1.29, 1.82) is 0 Å². The molecule has 7 heteroatoms. The second-order valence-electron chi connectivity index (χ2n) is 8.40. The van der Waals surface area contributed by atoms with Crippen LogP contribution in [0.2, 0.25) is 10.0 Å². The van der Waals surface area contributed by atoms with Gasteiger partial charge in [-0.05, 0) is 30.4 Å². The molecule has 0 bridgehead atoms. The highest BCUT2D eigenvalue weighted by molar-refractivity contribution is 6.39. The lowest BCUT2D eigenvalue weighted by atomic mass is 9.76. The van der Waals surface area contributed by atoms with E-state index in [4.69, 9.17) is 23.2 Å². The van der Waals surface area contributed by atoms with Gasteiger partial charge in [-0.25, -0.2) is 0 Å². The van der Waals surface area contributed by atoms with E-state index in [2.05, 4.69) is 9.80 Å². The highest BCUT2D eigenvalue weighted by Crippen LogP contribution is 2.46. The van der Waals surface area contributed by atoms with Crippen molar-refractivity contribution >= 4 is 40.7 Å². The van der Waals surface area contributed by atoms with Gasteiger partial charge in [0.15, 0.2) is 0 Å². The largest absolute Gasteiger partial charge is 0.367 e. The SMILES string of the molecule is O=C1CC2(CCCC2)CC(=O)N1CCN1CCN(c2c(Cl)cccc2Cl)CC1. The third-order valence-electron chi connectivity index (χ3n) is 6.58. The molecular weight excluding hydrogens is 397 g/mol. The fourth-order valence-corrected chi connectivity index (χ4v) is 5.63. The number of halogens is 2. The van der Waals surface area contributed by atoms with Gasteiger partial charge in [-0.2, -0.15) is 0 Å². The number of likely N-dealkylation sites (tertiary alicyclic amines) is 1. The highest BCUT2D eigenvalue weighted by Gasteiger charge is 2.44. The van der Waals surface area contributed by atoms with Gasteiger partial charge in [-0.1, -0.05) is 42.1 Å². The molecule has 2 saturated heterocycles. The number of nitrogens with zero attached hydrogens (tertiary/aromatic N) is 3. The smallest absolute Gasteiger partial charge is 0.229 e. The molecule has 2 amide bonds. The molecule has 3 aliphatic rings. The van der Waals surface area contributed by atoms with E-state index in [9.17, 15) is 9.59 Å². The lowest BCUT2D eigenvalue weighted by Crippen LogP contribution is -2.52. The first-order valence-electron chi connectivity index (χ1n) is 10.2. The van der Waals surface area contributed by atoms with Crippen molar-refractivity contribution in [3.8, 4) is 0 Å². The number of benzene rings is 1. The normalized spacial score (nSPS) is 23.1. The van der Waals surface area contributed by atoms with Crippen LogP contribution in [0.4, 0.5) is 5.69 Å². The second-order valence-corrected chi connectivity index (χ2v) is 9.21. The molecule has 1 aromatic rings. The van der Waals surface area contributed by atoms with E-state index >= 15 is 0 Å². The van der Waals surface area contributed by atoms with E-state index in [0.717, 1.165) is 64.1 Å². The van der Waals surface area contributed by atoms with E-state index in [1.54, 1.807) is 0 Å². The first-order chi connectivity index (χ1) is 13.5. The molecule has 152 valence electrons. The molecular formula is C21H27Cl2N3O2. The molecule has 0 N–H and O–H groups in total. The number of anilines is 1. The highest BCUT2D eigenvalue weighted by atomic mass is 35.5. The third-order valence-corrected chi connectivity index (χ3v) is 7.19. The van der Waals surface area contributed by atoms with E-state index in [1.807, 2.05) is 18.2 Å². The predicted molar refractivity (Wildman–Crippen MR) is 112 cm³/mol. The van der Waals surface area contributed by atoms with E-state index in [0.29, 0.717) is 29.4 Å². The van der Waals surface area contributed by atoms with Gasteiger partial charge >= 0.3 is 0 Å². The Morgan fingerprint density at radius 1 is 0.857 bits per heavy atom. The minimum absolute atomic E-state index is 0.0233. The van der Waals surface area contributed by atoms with Gasteiger partial charge in [0, 0.05) is 52.1 Å². The molecule has 0 atom stereocenters. The van der Waals surface area contributed by atoms with Gasteiger partial charge < -0.3 is 4.90 Å². The van der Waals surface area contributed by atoms with Gasteiger partial charge in [-0.15, -0.1) is 0 Å². The average molecular weight is 424 g/mol. The second kappa shape index (κ2) is 8.21. The number of piperazine rings is 1. The summed E-state index contributed by atoms with van der Waals surface area (Å²) in [6.45, 7) is 4.61. The topological polar surface area (TPSA) is 43.9 Å². The van der Waals surface area contributed by atoms with Crippen LogP contribution in [-0.4, -0.2) is 60.9 Å². The van der Waals surface area contributed by atoms with E-state index in [-0.39, 0.29) is 17.2 Å². The summed E-state index contributed by atoms with van der Waals surface area (Å²) < 4.78 is 0. The molecule has 1 saturated carbocycles. The fraction of sp³-hybridized carbons (Fsp3) is 0.619. The van der Waals surface area contributed by atoms with Crippen molar-refractivity contribution in [2.75, 3.05) is 44.2 Å². The molecule has 3 fully saturated rings. The van der Waals surface area contributed by atoms with Crippen molar-refractivity contribution in [3.63, 3.8) is 0 Å². The summed E-state index contributed by atoms with van der Waals surface area (Å²) in [7, 11) is 0. The number of amides is 2. The zero-order chi connectivity index (χ0) is 19.7. The Morgan fingerprint density at radius 2 is 1.43 bits per heavy atom. The number of carbonyl (C=O) groups excluding carboxylic acids is 2. The van der Waals surface area contributed by atoms with Gasteiger partial charge in [0.1, 0.15) is 0 Å². The molecule has 1 spiro atoms. The molecule has 2 heterocycles. The molecule has 0 radical (unpaired) electrons. The number of imide groups is 1. The first kappa shape index (κ1) is 20.0. The maximum atomic E-state index is 12.6. The summed E-state index contributed by atoms with van der Waals surface area (Å²) in [6.07, 6.45) is 5.48. The number of para-hydroxylation sites is 1. The van der Waals surface area contributed by atoms with Crippen molar-refractivity contribution in [3.05, 3.63) is 28.2 Å². The van der Waals surface area contributed by atoms with Gasteiger partial charge in [-0.3, -0.25) is 19.4 Å². The van der Waals surface area contributed by atoms with Gasteiger partial charge in [0.25, 0.3) is 0 Å². The number of hydrogen-bond acceptors (Lipinski definition) is 4. The zero-order valence-corrected chi connectivity index (χ0v) is 17.6. The Labute approximate surface area is 176 Å². The summed E-state index contributed by atoms with van der Waals surface area (Å²) in [5.74, 6) is 0.0549. The quantitative estimate of drug-likeness (QED) is 0.690. The fourth-order valence-electron chi connectivity index (χ4n) is 4.99. The van der Waals surface area contributed by atoms with Crippen LogP contribution in [0.5, 0.6) is 0 Å². The summed E-state index contributed by atoms with van der Waals surface area (Å²) in [4.78, 5) is 31.2. The van der Waals surface area contributed by atoms with Crippen LogP contribution < -0.4 is 4.90 Å². The average Bonchev–Trinajstić information content (AvgIpc) is 3.09. The Morgan fingerprint density at radius 3 is 2.00 bits per heavy atom.